The molecule has 0 fully saturated rings. The van der Waals surface area contributed by atoms with Crippen molar-refractivity contribution in [2.45, 2.75) is 103 Å². The van der Waals surface area contributed by atoms with Crippen LogP contribution in [0.5, 0.6) is 0 Å². The van der Waals surface area contributed by atoms with Gasteiger partial charge in [0.1, 0.15) is 12.1 Å². The van der Waals surface area contributed by atoms with Gasteiger partial charge in [-0.1, -0.05) is 85.9 Å². The molecule has 0 aromatic carbocycles. The second-order valence-corrected chi connectivity index (χ2v) is 11.3. The summed E-state index contributed by atoms with van der Waals surface area (Å²) in [5.74, 6) is -1.08. The number of amides is 2. The van der Waals surface area contributed by atoms with E-state index in [4.69, 9.17) is 4.74 Å². The van der Waals surface area contributed by atoms with Gasteiger partial charge in [0.25, 0.3) is 0 Å². The number of aromatic nitrogens is 1. The molecule has 0 spiro atoms. The quantitative estimate of drug-likeness (QED) is 0.0513. The van der Waals surface area contributed by atoms with Gasteiger partial charge in [0.15, 0.2) is 0 Å². The van der Waals surface area contributed by atoms with Crippen LogP contribution in [0.4, 0.5) is 0 Å². The molecule has 48 heavy (non-hydrogen) atoms. The predicted molar refractivity (Wildman–Crippen MR) is 194 cm³/mol. The Labute approximate surface area is 287 Å². The predicted octanol–water partition coefficient (Wildman–Crippen LogP) is 6.38. The molecule has 1 aromatic rings. The molecule has 2 amide bonds. The molecule has 0 aliphatic carbocycles. The molecule has 9 heteroatoms. The summed E-state index contributed by atoms with van der Waals surface area (Å²) >= 11 is 0. The smallest absolute Gasteiger partial charge is 0.329 e. The normalized spacial score (nSPS) is 12.9. The number of esters is 1. The molecule has 9 nitrogen and oxygen atoms in total. The number of nitrogens with one attached hydrogen (secondary N) is 2. The van der Waals surface area contributed by atoms with E-state index in [9.17, 15) is 24.6 Å². The average molecular weight is 664 g/mol. The summed E-state index contributed by atoms with van der Waals surface area (Å²) in [5, 5.41) is 24.2. The zero-order valence-corrected chi connectivity index (χ0v) is 28.9. The lowest BCUT2D eigenvalue weighted by Gasteiger charge is -2.20. The number of aliphatic hydroxyl groups is 2. The van der Waals surface area contributed by atoms with E-state index in [1.165, 1.54) is 0 Å². The highest BCUT2D eigenvalue weighted by Crippen LogP contribution is 2.08. The Morgan fingerprint density at radius 1 is 0.812 bits per heavy atom. The van der Waals surface area contributed by atoms with E-state index in [2.05, 4.69) is 77.2 Å². The van der Waals surface area contributed by atoms with Crippen LogP contribution in [0.25, 0.3) is 6.08 Å². The number of ether oxygens (including phenoxy) is 1. The summed E-state index contributed by atoms with van der Waals surface area (Å²) in [5.41, 5.74) is 1.85. The molecule has 0 aliphatic rings. The molecule has 1 atom stereocenters. The van der Waals surface area contributed by atoms with E-state index in [-0.39, 0.29) is 24.7 Å². The second-order valence-electron chi connectivity index (χ2n) is 11.3. The number of nitrogens with zero attached hydrogens (tertiary/aromatic N) is 1. The second kappa shape index (κ2) is 29.1. The fraction of sp³-hybridized carbons (Fsp3) is 0.487. The van der Waals surface area contributed by atoms with Crippen LogP contribution in [-0.4, -0.2) is 64.9 Å². The third-order valence-electron chi connectivity index (χ3n) is 7.03. The summed E-state index contributed by atoms with van der Waals surface area (Å²) in [7, 11) is 0. The Morgan fingerprint density at radius 3 is 2.02 bits per heavy atom. The molecule has 264 valence electrons. The highest BCUT2D eigenvalue weighted by Gasteiger charge is 2.24. The zero-order valence-electron chi connectivity index (χ0n) is 28.9. The molecule has 1 rings (SSSR count). The summed E-state index contributed by atoms with van der Waals surface area (Å²) < 4.78 is 5.17. The average Bonchev–Trinajstić information content (AvgIpc) is 3.08. The standard InChI is InChI=1S/C39H57N3O6/c1-3-4-5-6-7-8-9-10-11-12-13-14-15-16-17-18-19-25-38(46)42-36(39(47)48-35(31-43)32-44)24-20-21-29-40-37(45)26-22-23-34-28-27-33(2)41-30-34/h4-5,7-8,10-11,13-14,16-17,22-23,27-28,30,35-36,43-44H,3,6,9,12,15,18-21,24-26,29,31-32H2,1-2H3,(H,40,45)(H,42,46)/b5-4-,8-7-,11-10-,14-13-,17-16-,23-22+/t36-/m0/s1. The van der Waals surface area contributed by atoms with E-state index < -0.39 is 31.3 Å². The topological polar surface area (TPSA) is 138 Å². The van der Waals surface area contributed by atoms with Crippen LogP contribution >= 0.6 is 0 Å². The van der Waals surface area contributed by atoms with Gasteiger partial charge in [-0.25, -0.2) is 4.79 Å². The van der Waals surface area contributed by atoms with Crippen LogP contribution in [-0.2, 0) is 19.1 Å². The number of carbonyl (C=O) groups is 3. The first-order valence-electron chi connectivity index (χ1n) is 17.2. The first-order chi connectivity index (χ1) is 23.4. The van der Waals surface area contributed by atoms with Gasteiger partial charge >= 0.3 is 5.97 Å². The van der Waals surface area contributed by atoms with Crippen molar-refractivity contribution in [3.05, 3.63) is 96.4 Å². The number of aliphatic hydroxyl groups excluding tert-OH is 2. The lowest BCUT2D eigenvalue weighted by atomic mass is 10.1. The van der Waals surface area contributed by atoms with Crippen molar-refractivity contribution in [3.63, 3.8) is 0 Å². The third kappa shape index (κ3) is 23.3. The Kier molecular flexibility index (Phi) is 25.4. The minimum atomic E-state index is -1.05. The van der Waals surface area contributed by atoms with Crippen molar-refractivity contribution in [2.24, 2.45) is 0 Å². The van der Waals surface area contributed by atoms with Crippen molar-refractivity contribution in [1.82, 2.24) is 15.6 Å². The van der Waals surface area contributed by atoms with Crippen molar-refractivity contribution >= 4 is 23.9 Å². The van der Waals surface area contributed by atoms with Crippen LogP contribution in [0.15, 0.2) is 85.2 Å². The van der Waals surface area contributed by atoms with Gasteiger partial charge in [-0.2, -0.15) is 0 Å². The maximum Gasteiger partial charge on any atom is 0.329 e. The van der Waals surface area contributed by atoms with E-state index in [0.717, 1.165) is 49.8 Å². The molecule has 1 heterocycles. The van der Waals surface area contributed by atoms with Gasteiger partial charge in [0, 0.05) is 31.3 Å². The summed E-state index contributed by atoms with van der Waals surface area (Å²) in [4.78, 5) is 41.7. The van der Waals surface area contributed by atoms with Gasteiger partial charge in [0.05, 0.1) is 13.2 Å². The Morgan fingerprint density at radius 2 is 1.44 bits per heavy atom. The van der Waals surface area contributed by atoms with Crippen molar-refractivity contribution in [1.29, 1.82) is 0 Å². The molecule has 0 radical (unpaired) electrons. The first-order valence-corrected chi connectivity index (χ1v) is 17.2. The summed E-state index contributed by atoms with van der Waals surface area (Å²) in [6, 6.07) is 2.94. The Balaban J connectivity index is 2.34. The van der Waals surface area contributed by atoms with Crippen LogP contribution in [0.1, 0.15) is 95.2 Å². The van der Waals surface area contributed by atoms with Crippen LogP contribution in [0.3, 0.4) is 0 Å². The molecule has 0 unspecified atom stereocenters. The number of aryl methyl sites for hydroxylation is 1. The lowest BCUT2D eigenvalue weighted by Crippen LogP contribution is -2.44. The molecule has 0 saturated carbocycles. The van der Waals surface area contributed by atoms with E-state index in [0.29, 0.717) is 32.2 Å². The van der Waals surface area contributed by atoms with Gasteiger partial charge in [-0.05, 0) is 82.8 Å². The number of unbranched alkanes of at least 4 members (excludes halogenated alkanes) is 2. The number of pyridine rings is 1. The lowest BCUT2D eigenvalue weighted by molar-refractivity contribution is -0.157. The van der Waals surface area contributed by atoms with Crippen LogP contribution in [0.2, 0.25) is 0 Å². The van der Waals surface area contributed by atoms with Crippen molar-refractivity contribution < 1.29 is 29.3 Å². The summed E-state index contributed by atoms with van der Waals surface area (Å²) in [6.45, 7) is 3.44. The van der Waals surface area contributed by atoms with E-state index in [1.807, 2.05) is 31.2 Å². The number of carbonyl (C=O) groups excluding carboxylic acids is 3. The fourth-order valence-corrected chi connectivity index (χ4v) is 4.30. The van der Waals surface area contributed by atoms with Crippen molar-refractivity contribution in [3.8, 4) is 0 Å². The monoisotopic (exact) mass is 663 g/mol. The minimum absolute atomic E-state index is 0.114. The molecule has 0 saturated heterocycles. The number of hydrogen-bond acceptors (Lipinski definition) is 7. The minimum Gasteiger partial charge on any atom is -0.456 e. The molecular weight excluding hydrogens is 606 g/mol. The van der Waals surface area contributed by atoms with Crippen molar-refractivity contribution in [2.75, 3.05) is 19.8 Å². The highest BCUT2D eigenvalue weighted by atomic mass is 16.6. The fourth-order valence-electron chi connectivity index (χ4n) is 4.30. The largest absolute Gasteiger partial charge is 0.456 e. The van der Waals surface area contributed by atoms with Gasteiger partial charge in [-0.15, -0.1) is 0 Å². The Bertz CT molecular complexity index is 1200. The number of hydrogen-bond donors (Lipinski definition) is 4. The van der Waals surface area contributed by atoms with E-state index >= 15 is 0 Å². The maximum atomic E-state index is 12.7. The number of allylic oxidation sites excluding steroid dienone is 10. The van der Waals surface area contributed by atoms with Gasteiger partial charge in [0.2, 0.25) is 11.8 Å². The molecular formula is C39H57N3O6. The summed E-state index contributed by atoms with van der Waals surface area (Å²) in [6.07, 6.45) is 33.8. The van der Waals surface area contributed by atoms with Crippen LogP contribution < -0.4 is 10.6 Å². The highest BCUT2D eigenvalue weighted by molar-refractivity contribution is 5.84. The zero-order chi connectivity index (χ0) is 35.1. The molecule has 4 N–H and O–H groups in total. The van der Waals surface area contributed by atoms with Gasteiger partial charge < -0.3 is 25.6 Å². The first kappa shape index (κ1) is 41.9. The third-order valence-corrected chi connectivity index (χ3v) is 7.03. The van der Waals surface area contributed by atoms with Gasteiger partial charge in [-0.3, -0.25) is 14.6 Å². The maximum absolute atomic E-state index is 12.7. The molecule has 0 bridgehead atoms. The number of rotatable bonds is 26. The molecule has 1 aromatic heterocycles. The molecule has 0 aliphatic heterocycles. The SMILES string of the molecule is CC/C=C\C/C=C\C/C=C\C/C=C\C/C=C\CCCC(=O)N[C@@H](CCCCNC(=O)C/C=C/c1ccc(C)nc1)C(=O)OC(CO)CO. The van der Waals surface area contributed by atoms with Crippen LogP contribution in [0, 0.1) is 6.92 Å². The Hall–Kier alpha value is -4.08. The van der Waals surface area contributed by atoms with E-state index in [1.54, 1.807) is 12.3 Å².